The molecule has 1 aromatic carbocycles. The summed E-state index contributed by atoms with van der Waals surface area (Å²) in [7, 11) is 0. The van der Waals surface area contributed by atoms with E-state index < -0.39 is 24.0 Å². The highest BCUT2D eigenvalue weighted by Gasteiger charge is 2.58. The average molecular weight is 391 g/mol. The first-order chi connectivity index (χ1) is 13.3. The molecule has 8 nitrogen and oxygen atoms in total. The molecule has 1 unspecified atom stereocenters. The predicted octanol–water partition coefficient (Wildman–Crippen LogP) is 2.97. The topological polar surface area (TPSA) is 111 Å². The van der Waals surface area contributed by atoms with Crippen molar-refractivity contribution < 1.29 is 27.2 Å². The van der Waals surface area contributed by atoms with Crippen molar-refractivity contribution in [3.63, 3.8) is 0 Å². The molecule has 0 fully saturated rings. The number of aryl methyl sites for hydroxylation is 1. The molecule has 0 spiro atoms. The lowest BCUT2D eigenvalue weighted by molar-refractivity contribution is -0.273. The van der Waals surface area contributed by atoms with Crippen LogP contribution in [0.1, 0.15) is 17.3 Å². The summed E-state index contributed by atoms with van der Waals surface area (Å²) >= 11 is 0. The van der Waals surface area contributed by atoms with Crippen LogP contribution >= 0.6 is 0 Å². The molecule has 0 saturated heterocycles. The third-order valence-corrected chi connectivity index (χ3v) is 4.05. The Bertz CT molecular complexity index is 1140. The Morgan fingerprint density at radius 1 is 1.00 bits per heavy atom. The molecular formula is C17H12F3N5O3. The number of hydrogen-bond donors (Lipinski definition) is 1. The number of halogens is 3. The Labute approximate surface area is 155 Å². The average Bonchev–Trinajstić information content (AvgIpc) is 3.29. The van der Waals surface area contributed by atoms with Crippen LogP contribution < -0.4 is 0 Å². The van der Waals surface area contributed by atoms with E-state index in [4.69, 9.17) is 8.94 Å². The van der Waals surface area contributed by atoms with Crippen LogP contribution in [0.4, 0.5) is 13.2 Å². The van der Waals surface area contributed by atoms with Crippen LogP contribution in [0.2, 0.25) is 0 Å². The molecule has 3 aromatic heterocycles. The number of alkyl halides is 3. The van der Waals surface area contributed by atoms with Gasteiger partial charge >= 0.3 is 6.18 Å². The molecule has 3 heterocycles. The van der Waals surface area contributed by atoms with Crippen LogP contribution in [0.3, 0.4) is 0 Å². The van der Waals surface area contributed by atoms with Gasteiger partial charge in [0.1, 0.15) is 17.0 Å². The monoisotopic (exact) mass is 391 g/mol. The summed E-state index contributed by atoms with van der Waals surface area (Å²) in [5.74, 6) is -1.08. The number of para-hydroxylation sites is 1. The second-order valence-corrected chi connectivity index (χ2v) is 6.08. The summed E-state index contributed by atoms with van der Waals surface area (Å²) < 4.78 is 50.6. The zero-order valence-electron chi connectivity index (χ0n) is 14.3. The summed E-state index contributed by atoms with van der Waals surface area (Å²) in [5, 5.41) is 21.6. The third-order valence-electron chi connectivity index (χ3n) is 4.05. The van der Waals surface area contributed by atoms with E-state index in [1.165, 1.54) is 13.0 Å². The van der Waals surface area contributed by atoms with E-state index in [-0.39, 0.29) is 23.3 Å². The van der Waals surface area contributed by atoms with Crippen molar-refractivity contribution in [3.8, 4) is 11.7 Å². The Kier molecular flexibility index (Phi) is 4.11. The molecular weight excluding hydrogens is 379 g/mol. The molecule has 4 rings (SSSR count). The lowest BCUT2D eigenvalue weighted by Gasteiger charge is -2.27. The number of nitrogens with zero attached hydrogens (tertiary/aromatic N) is 5. The summed E-state index contributed by atoms with van der Waals surface area (Å²) in [4.78, 5) is 8.07. The van der Waals surface area contributed by atoms with E-state index in [0.717, 1.165) is 6.07 Å². The van der Waals surface area contributed by atoms with Gasteiger partial charge in [-0.1, -0.05) is 17.3 Å². The molecule has 144 valence electrons. The molecule has 1 N–H and O–H groups in total. The van der Waals surface area contributed by atoms with Gasteiger partial charge in [-0.3, -0.25) is 0 Å². The minimum absolute atomic E-state index is 0.0400. The van der Waals surface area contributed by atoms with Crippen LogP contribution in [-0.4, -0.2) is 36.6 Å². The van der Waals surface area contributed by atoms with Crippen LogP contribution in [0.15, 0.2) is 45.3 Å². The first kappa shape index (κ1) is 18.0. The zero-order chi connectivity index (χ0) is 19.9. The quantitative estimate of drug-likeness (QED) is 0.565. The second kappa shape index (κ2) is 6.37. The molecule has 0 aliphatic rings. The summed E-state index contributed by atoms with van der Waals surface area (Å²) in [6.07, 6.45) is -6.03. The van der Waals surface area contributed by atoms with E-state index >= 15 is 0 Å². The molecule has 0 aliphatic heterocycles. The number of hydrogen-bond acceptors (Lipinski definition) is 8. The van der Waals surface area contributed by atoms with Crippen molar-refractivity contribution in [1.29, 1.82) is 0 Å². The van der Waals surface area contributed by atoms with E-state index in [1.807, 2.05) is 0 Å². The van der Waals surface area contributed by atoms with Gasteiger partial charge < -0.3 is 14.0 Å². The highest BCUT2D eigenvalue weighted by Crippen LogP contribution is 2.41. The second-order valence-electron chi connectivity index (χ2n) is 6.08. The van der Waals surface area contributed by atoms with Crippen molar-refractivity contribution in [2.45, 2.75) is 25.1 Å². The van der Waals surface area contributed by atoms with Gasteiger partial charge in [0, 0.05) is 0 Å². The Morgan fingerprint density at radius 2 is 1.75 bits per heavy atom. The van der Waals surface area contributed by atoms with Crippen LogP contribution in [0.5, 0.6) is 0 Å². The van der Waals surface area contributed by atoms with Gasteiger partial charge in [-0.15, -0.1) is 10.2 Å². The van der Waals surface area contributed by atoms with E-state index in [9.17, 15) is 18.3 Å². The van der Waals surface area contributed by atoms with Crippen molar-refractivity contribution in [2.24, 2.45) is 0 Å². The van der Waals surface area contributed by atoms with Gasteiger partial charge in [0.05, 0.1) is 11.9 Å². The highest BCUT2D eigenvalue weighted by atomic mass is 19.4. The number of benzene rings is 1. The maximum absolute atomic E-state index is 13.6. The molecule has 0 aliphatic carbocycles. The van der Waals surface area contributed by atoms with Crippen LogP contribution in [0, 0.1) is 6.92 Å². The lowest BCUT2D eigenvalue weighted by atomic mass is 9.95. The van der Waals surface area contributed by atoms with Gasteiger partial charge in [0.15, 0.2) is 5.82 Å². The van der Waals surface area contributed by atoms with Gasteiger partial charge in [-0.2, -0.15) is 18.2 Å². The SMILES string of the molecule is Cc1ccc(C(O)(Cc2noc(-c3nnc4ccccc4n3)n2)C(F)(F)F)o1. The fourth-order valence-corrected chi connectivity index (χ4v) is 2.60. The molecule has 4 aromatic rings. The minimum Gasteiger partial charge on any atom is -0.463 e. The molecule has 0 bridgehead atoms. The predicted molar refractivity (Wildman–Crippen MR) is 87.7 cm³/mol. The lowest BCUT2D eigenvalue weighted by Crippen LogP contribution is -2.44. The van der Waals surface area contributed by atoms with Crippen molar-refractivity contribution >= 4 is 11.0 Å². The first-order valence-corrected chi connectivity index (χ1v) is 8.05. The normalized spacial score (nSPS) is 14.3. The number of aliphatic hydroxyl groups is 1. The fourth-order valence-electron chi connectivity index (χ4n) is 2.60. The third kappa shape index (κ3) is 3.09. The summed E-state index contributed by atoms with van der Waals surface area (Å²) in [6.45, 7) is 1.47. The zero-order valence-corrected chi connectivity index (χ0v) is 14.3. The van der Waals surface area contributed by atoms with Gasteiger partial charge in [0.25, 0.3) is 5.89 Å². The Balaban J connectivity index is 1.67. The molecule has 0 amide bonds. The Hall–Kier alpha value is -3.34. The number of furan rings is 1. The largest absolute Gasteiger partial charge is 0.463 e. The maximum atomic E-state index is 13.6. The van der Waals surface area contributed by atoms with Crippen LogP contribution in [0.25, 0.3) is 22.7 Å². The number of aromatic nitrogens is 5. The summed E-state index contributed by atoms with van der Waals surface area (Å²) in [6, 6.07) is 9.27. The number of rotatable bonds is 4. The standard InChI is InChI=1S/C17H12F3N5O3/c1-9-6-7-12(27-9)16(26,17(18,19)20)8-13-22-15(28-25-13)14-21-10-4-2-3-5-11(10)23-24-14/h2-7,26H,8H2,1H3. The van der Waals surface area contributed by atoms with E-state index in [1.54, 1.807) is 24.3 Å². The fraction of sp³-hybridized carbons (Fsp3) is 0.235. The van der Waals surface area contributed by atoms with Crippen LogP contribution in [-0.2, 0) is 12.0 Å². The van der Waals surface area contributed by atoms with E-state index in [2.05, 4.69) is 25.3 Å². The van der Waals surface area contributed by atoms with Gasteiger partial charge in [0.2, 0.25) is 11.4 Å². The number of fused-ring (bicyclic) bond motifs is 1. The minimum atomic E-state index is -5.03. The van der Waals surface area contributed by atoms with Crippen molar-refractivity contribution in [3.05, 3.63) is 53.7 Å². The molecule has 28 heavy (non-hydrogen) atoms. The smallest absolute Gasteiger partial charge is 0.425 e. The van der Waals surface area contributed by atoms with Crippen molar-refractivity contribution in [2.75, 3.05) is 0 Å². The molecule has 0 saturated carbocycles. The Morgan fingerprint density at radius 3 is 2.43 bits per heavy atom. The molecule has 0 radical (unpaired) electrons. The summed E-state index contributed by atoms with van der Waals surface area (Å²) in [5.41, 5.74) is -2.28. The molecule has 1 atom stereocenters. The van der Waals surface area contributed by atoms with Crippen molar-refractivity contribution in [1.82, 2.24) is 25.3 Å². The maximum Gasteiger partial charge on any atom is 0.425 e. The highest BCUT2D eigenvalue weighted by molar-refractivity contribution is 5.74. The van der Waals surface area contributed by atoms with E-state index in [0.29, 0.717) is 11.0 Å². The molecule has 11 heteroatoms. The first-order valence-electron chi connectivity index (χ1n) is 8.05. The van der Waals surface area contributed by atoms with Gasteiger partial charge in [-0.05, 0) is 31.2 Å². The van der Waals surface area contributed by atoms with Gasteiger partial charge in [-0.25, -0.2) is 4.98 Å².